The van der Waals surface area contributed by atoms with Crippen LogP contribution in [0.25, 0.3) is 0 Å². The van der Waals surface area contributed by atoms with E-state index in [0.29, 0.717) is 42.9 Å². The molecule has 1 amide bonds. The molecule has 1 aliphatic carbocycles. The van der Waals surface area contributed by atoms with Crippen molar-refractivity contribution in [1.29, 1.82) is 10.5 Å². The van der Waals surface area contributed by atoms with Gasteiger partial charge in [0.25, 0.3) is 0 Å². The van der Waals surface area contributed by atoms with Gasteiger partial charge in [0, 0.05) is 25.9 Å². The van der Waals surface area contributed by atoms with Crippen molar-refractivity contribution in [2.24, 2.45) is 5.73 Å². The number of pyridine rings is 1. The molecular weight excluding hydrogens is 330 g/mol. The summed E-state index contributed by atoms with van der Waals surface area (Å²) in [7, 11) is 0. The molecule has 2 aliphatic rings. The zero-order valence-electron chi connectivity index (χ0n) is 13.0. The maximum atomic E-state index is 10.8. The summed E-state index contributed by atoms with van der Waals surface area (Å²) in [6.07, 6.45) is 2.12. The number of aromatic nitrogens is 1. The lowest BCUT2D eigenvalue weighted by atomic mass is 9.99. The number of hydrogen-bond donors (Lipinski definition) is 1. The number of nitrogens with two attached hydrogens (primary N) is 1. The van der Waals surface area contributed by atoms with Crippen LogP contribution in [-0.4, -0.2) is 30.3 Å². The SMILES string of the molecule is N#Cc1c(Cl)nc(N2CCC(OC(N)=O)CC2)c(C#N)c1C1CC1. The minimum atomic E-state index is -0.776. The lowest BCUT2D eigenvalue weighted by molar-refractivity contribution is 0.0911. The second-order valence-corrected chi connectivity index (χ2v) is 6.37. The molecule has 2 heterocycles. The molecule has 124 valence electrons. The predicted molar refractivity (Wildman–Crippen MR) is 86.6 cm³/mol. The highest BCUT2D eigenvalue weighted by molar-refractivity contribution is 6.30. The van der Waals surface area contributed by atoms with Crippen LogP contribution in [0, 0.1) is 22.7 Å². The molecule has 0 aromatic carbocycles. The Labute approximate surface area is 144 Å². The van der Waals surface area contributed by atoms with Crippen LogP contribution < -0.4 is 10.6 Å². The molecule has 24 heavy (non-hydrogen) atoms. The highest BCUT2D eigenvalue weighted by Crippen LogP contribution is 2.46. The average molecular weight is 346 g/mol. The van der Waals surface area contributed by atoms with Gasteiger partial charge in [-0.25, -0.2) is 9.78 Å². The fourth-order valence-corrected chi connectivity index (χ4v) is 3.36. The van der Waals surface area contributed by atoms with Crippen molar-refractivity contribution in [1.82, 2.24) is 4.98 Å². The molecule has 0 spiro atoms. The maximum Gasteiger partial charge on any atom is 0.404 e. The highest BCUT2D eigenvalue weighted by atomic mass is 35.5. The van der Waals surface area contributed by atoms with Gasteiger partial charge < -0.3 is 15.4 Å². The topological polar surface area (TPSA) is 116 Å². The van der Waals surface area contributed by atoms with Crippen molar-refractivity contribution in [2.75, 3.05) is 18.0 Å². The lowest BCUT2D eigenvalue weighted by Crippen LogP contribution is -2.39. The van der Waals surface area contributed by atoms with Crippen LogP contribution in [0.5, 0.6) is 0 Å². The van der Waals surface area contributed by atoms with Crippen molar-refractivity contribution >= 4 is 23.5 Å². The van der Waals surface area contributed by atoms with Gasteiger partial charge >= 0.3 is 6.09 Å². The first-order valence-corrected chi connectivity index (χ1v) is 8.17. The largest absolute Gasteiger partial charge is 0.446 e. The number of amides is 1. The number of nitriles is 2. The van der Waals surface area contributed by atoms with Gasteiger partial charge in [-0.3, -0.25) is 0 Å². The number of carbonyl (C=O) groups is 1. The van der Waals surface area contributed by atoms with Crippen LogP contribution in [0.1, 0.15) is 48.3 Å². The average Bonchev–Trinajstić information content (AvgIpc) is 3.38. The smallest absolute Gasteiger partial charge is 0.404 e. The summed E-state index contributed by atoms with van der Waals surface area (Å²) in [5.74, 6) is 0.727. The molecule has 1 saturated heterocycles. The molecule has 1 saturated carbocycles. The fourth-order valence-electron chi connectivity index (χ4n) is 3.14. The van der Waals surface area contributed by atoms with E-state index in [-0.39, 0.29) is 17.2 Å². The van der Waals surface area contributed by atoms with Crippen molar-refractivity contribution in [3.05, 3.63) is 21.8 Å². The van der Waals surface area contributed by atoms with Gasteiger partial charge in [-0.2, -0.15) is 10.5 Å². The second-order valence-electron chi connectivity index (χ2n) is 6.01. The van der Waals surface area contributed by atoms with Gasteiger partial charge in [0.15, 0.2) is 0 Å². The minimum Gasteiger partial charge on any atom is -0.446 e. The van der Waals surface area contributed by atoms with Crippen molar-refractivity contribution in [3.8, 4) is 12.1 Å². The number of primary amides is 1. The number of rotatable bonds is 3. The van der Waals surface area contributed by atoms with E-state index in [4.69, 9.17) is 22.1 Å². The van der Waals surface area contributed by atoms with Gasteiger partial charge in [-0.05, 0) is 24.3 Å². The molecule has 1 aromatic rings. The lowest BCUT2D eigenvalue weighted by Gasteiger charge is -2.33. The fraction of sp³-hybridized carbons (Fsp3) is 0.500. The Bertz CT molecular complexity index is 755. The molecule has 2 N–H and O–H groups in total. The number of carbonyl (C=O) groups excluding carboxylic acids is 1. The summed E-state index contributed by atoms with van der Waals surface area (Å²) < 4.78 is 5.02. The van der Waals surface area contributed by atoms with E-state index < -0.39 is 6.09 Å². The minimum absolute atomic E-state index is 0.143. The summed E-state index contributed by atoms with van der Waals surface area (Å²) >= 11 is 6.20. The van der Waals surface area contributed by atoms with Gasteiger partial charge in [-0.1, -0.05) is 11.6 Å². The van der Waals surface area contributed by atoms with Crippen LogP contribution in [0.2, 0.25) is 5.15 Å². The maximum absolute atomic E-state index is 10.8. The first kappa shape index (κ1) is 16.4. The first-order chi connectivity index (χ1) is 11.5. The number of hydrogen-bond acceptors (Lipinski definition) is 6. The van der Waals surface area contributed by atoms with E-state index in [1.807, 2.05) is 4.90 Å². The van der Waals surface area contributed by atoms with Gasteiger partial charge in [-0.15, -0.1) is 0 Å². The van der Waals surface area contributed by atoms with Crippen LogP contribution in [0.15, 0.2) is 0 Å². The van der Waals surface area contributed by atoms with E-state index in [2.05, 4.69) is 17.1 Å². The molecule has 0 unspecified atom stereocenters. The summed E-state index contributed by atoms with van der Waals surface area (Å²) in [6.45, 7) is 1.15. The number of anilines is 1. The zero-order chi connectivity index (χ0) is 17.3. The molecule has 0 bridgehead atoms. The molecule has 8 heteroatoms. The molecular formula is C16H16ClN5O2. The van der Waals surface area contributed by atoms with E-state index in [0.717, 1.165) is 18.4 Å². The summed E-state index contributed by atoms with van der Waals surface area (Å²) in [4.78, 5) is 17.1. The first-order valence-electron chi connectivity index (χ1n) is 7.79. The van der Waals surface area contributed by atoms with Crippen LogP contribution in [0.4, 0.5) is 10.6 Å². The molecule has 0 radical (unpaired) electrons. The molecule has 1 aromatic heterocycles. The molecule has 1 aliphatic heterocycles. The number of piperidine rings is 1. The molecule has 0 atom stereocenters. The molecule has 7 nitrogen and oxygen atoms in total. The number of nitrogens with zero attached hydrogens (tertiary/aromatic N) is 4. The summed E-state index contributed by atoms with van der Waals surface area (Å²) in [5, 5.41) is 19.1. The van der Waals surface area contributed by atoms with Gasteiger partial charge in [0.1, 0.15) is 29.2 Å². The van der Waals surface area contributed by atoms with E-state index in [9.17, 15) is 15.3 Å². The predicted octanol–water partition coefficient (Wildman–Crippen LogP) is 2.42. The Morgan fingerprint density at radius 3 is 2.33 bits per heavy atom. The monoisotopic (exact) mass is 345 g/mol. The summed E-state index contributed by atoms with van der Waals surface area (Å²) in [5.41, 5.74) is 6.52. The Kier molecular flexibility index (Phi) is 4.46. The van der Waals surface area contributed by atoms with Crippen LogP contribution in [0.3, 0.4) is 0 Å². The third-order valence-corrected chi connectivity index (χ3v) is 4.68. The van der Waals surface area contributed by atoms with Crippen LogP contribution in [-0.2, 0) is 4.74 Å². The van der Waals surface area contributed by atoms with E-state index in [1.165, 1.54) is 0 Å². The van der Waals surface area contributed by atoms with Crippen molar-refractivity contribution in [2.45, 2.75) is 37.7 Å². The Morgan fingerprint density at radius 2 is 1.83 bits per heavy atom. The molecule has 2 fully saturated rings. The van der Waals surface area contributed by atoms with Gasteiger partial charge in [0.05, 0.1) is 11.1 Å². The number of halogens is 1. The Balaban J connectivity index is 1.91. The van der Waals surface area contributed by atoms with Crippen molar-refractivity contribution < 1.29 is 9.53 Å². The standard InChI is InChI=1S/C16H16ClN5O2/c17-14-11(7-18)13(9-1-2-9)12(8-19)15(21-14)22-5-3-10(4-6-22)24-16(20)23/h9-10H,1-6H2,(H2,20,23). The van der Waals surface area contributed by atoms with E-state index in [1.54, 1.807) is 0 Å². The second kappa shape index (κ2) is 6.54. The highest BCUT2D eigenvalue weighted by Gasteiger charge is 2.34. The van der Waals surface area contributed by atoms with E-state index >= 15 is 0 Å². The molecule has 3 rings (SSSR count). The quantitative estimate of drug-likeness (QED) is 0.841. The summed E-state index contributed by atoms with van der Waals surface area (Å²) in [6, 6.07) is 4.29. The van der Waals surface area contributed by atoms with Crippen molar-refractivity contribution in [3.63, 3.8) is 0 Å². The Morgan fingerprint density at radius 1 is 1.21 bits per heavy atom. The van der Waals surface area contributed by atoms with Crippen LogP contribution >= 0.6 is 11.6 Å². The van der Waals surface area contributed by atoms with Gasteiger partial charge in [0.2, 0.25) is 0 Å². The third-order valence-electron chi connectivity index (χ3n) is 4.41. The third kappa shape index (κ3) is 3.08. The normalized spacial score (nSPS) is 17.9. The Hall–Kier alpha value is -2.51. The number of ether oxygens (including phenoxy) is 1. The zero-order valence-corrected chi connectivity index (χ0v) is 13.7.